The number of phenolic OH excluding ortho intramolecular Hbond substituents is 1. The van der Waals surface area contributed by atoms with Crippen molar-refractivity contribution in [3.8, 4) is 11.5 Å². The van der Waals surface area contributed by atoms with Crippen LogP contribution in [0.2, 0.25) is 0 Å². The Bertz CT molecular complexity index is 1230. The maximum Gasteiger partial charge on any atom is 0.573 e. The van der Waals surface area contributed by atoms with E-state index in [0.717, 1.165) is 34.9 Å². The lowest BCUT2D eigenvalue weighted by molar-refractivity contribution is -0.274. The molecule has 0 amide bonds. The van der Waals surface area contributed by atoms with Gasteiger partial charge in [0.1, 0.15) is 5.75 Å². The van der Waals surface area contributed by atoms with Gasteiger partial charge in [0.25, 0.3) is 5.91 Å². The summed E-state index contributed by atoms with van der Waals surface area (Å²) in [5, 5.41) is 19.7. The van der Waals surface area contributed by atoms with E-state index in [0.29, 0.717) is 6.42 Å². The van der Waals surface area contributed by atoms with Crippen LogP contribution in [0.15, 0.2) is 36.4 Å². The lowest BCUT2D eigenvalue weighted by Crippen LogP contribution is -2.18. The molecule has 0 fully saturated rings. The second-order valence-electron chi connectivity index (χ2n) is 8.14. The molecule has 2 aromatic carbocycles. The van der Waals surface area contributed by atoms with Gasteiger partial charge < -0.3 is 14.9 Å². The number of aliphatic carboxylic acids is 1. The molecule has 1 unspecified atom stereocenters. The highest BCUT2D eigenvalue weighted by atomic mass is 19.4. The van der Waals surface area contributed by atoms with E-state index in [1.807, 2.05) is 13.8 Å². The van der Waals surface area contributed by atoms with Crippen LogP contribution >= 0.6 is 0 Å². The Morgan fingerprint density at radius 1 is 1.12 bits per heavy atom. The van der Waals surface area contributed by atoms with Gasteiger partial charge in [-0.2, -0.15) is 0 Å². The number of aromatic nitrogens is 1. The number of rotatable bonds is 7. The lowest BCUT2D eigenvalue weighted by Gasteiger charge is -2.18. The molecule has 0 radical (unpaired) electrons. The second kappa shape index (κ2) is 9.36. The van der Waals surface area contributed by atoms with Crippen LogP contribution in [0.5, 0.6) is 11.5 Å². The van der Waals surface area contributed by atoms with Gasteiger partial charge in [0.05, 0.1) is 11.4 Å². The van der Waals surface area contributed by atoms with Crippen LogP contribution in [0.1, 0.15) is 54.2 Å². The molecule has 2 atom stereocenters. The molecule has 10 heteroatoms. The van der Waals surface area contributed by atoms with Crippen LogP contribution < -0.4 is 4.74 Å². The third kappa shape index (κ3) is 4.85. The molecule has 0 bridgehead atoms. The first kappa shape index (κ1) is 25.1. The van der Waals surface area contributed by atoms with E-state index in [4.69, 9.17) is 0 Å². The number of carboxylic acid groups (broad SMARTS) is 1. The van der Waals surface area contributed by atoms with Gasteiger partial charge in [-0.25, -0.2) is 4.39 Å². The number of aromatic hydroxyl groups is 1. The molecule has 182 valence electrons. The number of nitrogens with zero attached hydrogens (tertiary/aromatic N) is 1. The fraction of sp³-hybridized carbons (Fsp3) is 0.333. The zero-order chi connectivity index (χ0) is 25.4. The number of carboxylic acids is 1. The number of phenols is 1. The van der Waals surface area contributed by atoms with Crippen LogP contribution in [0.25, 0.3) is 10.9 Å². The predicted octanol–water partition coefficient (Wildman–Crippen LogP) is 5.99. The van der Waals surface area contributed by atoms with E-state index in [1.54, 1.807) is 0 Å². The molecule has 3 rings (SSSR count). The summed E-state index contributed by atoms with van der Waals surface area (Å²) in [6.07, 6.45) is -4.03. The average molecular weight is 481 g/mol. The van der Waals surface area contributed by atoms with Crippen molar-refractivity contribution >= 4 is 22.8 Å². The molecule has 2 N–H and O–H groups in total. The second-order valence-corrected chi connectivity index (χ2v) is 8.14. The molecule has 0 aliphatic rings. The summed E-state index contributed by atoms with van der Waals surface area (Å²) >= 11 is 0. The minimum atomic E-state index is -4.89. The van der Waals surface area contributed by atoms with Crippen molar-refractivity contribution in [1.29, 1.82) is 0 Å². The Labute approximate surface area is 192 Å². The number of ether oxygens (including phenoxy) is 1. The van der Waals surface area contributed by atoms with Crippen LogP contribution in [-0.4, -0.2) is 33.0 Å². The molecule has 0 spiro atoms. The number of halogens is 4. The van der Waals surface area contributed by atoms with Gasteiger partial charge in [0.15, 0.2) is 11.6 Å². The number of carbonyl (C=O) groups is 2. The minimum absolute atomic E-state index is 0.0175. The highest BCUT2D eigenvalue weighted by Crippen LogP contribution is 2.40. The SMILES string of the molecule is CCC(C)C[C@@H](C(=O)O)c1c(C)n(C(=O)c2ccc(OC(F)(F)F)cc2)c2ccc(O)c(F)c12. The summed E-state index contributed by atoms with van der Waals surface area (Å²) in [5.74, 6) is -5.33. The van der Waals surface area contributed by atoms with Crippen LogP contribution in [-0.2, 0) is 4.79 Å². The molecule has 0 aliphatic carbocycles. The Balaban J connectivity index is 2.19. The largest absolute Gasteiger partial charge is 0.573 e. The third-order valence-electron chi connectivity index (χ3n) is 5.85. The van der Waals surface area contributed by atoms with Crippen molar-refractivity contribution in [2.24, 2.45) is 5.92 Å². The third-order valence-corrected chi connectivity index (χ3v) is 5.85. The molecule has 1 aromatic heterocycles. The molecular weight excluding hydrogens is 458 g/mol. The normalized spacial score (nSPS) is 13.6. The molecule has 0 aliphatic heterocycles. The highest BCUT2D eigenvalue weighted by Gasteiger charge is 2.33. The lowest BCUT2D eigenvalue weighted by atomic mass is 9.87. The molecule has 3 aromatic rings. The van der Waals surface area contributed by atoms with E-state index in [9.17, 15) is 33.0 Å². The maximum absolute atomic E-state index is 15.1. The first-order valence-corrected chi connectivity index (χ1v) is 10.5. The Hall–Kier alpha value is -3.56. The summed E-state index contributed by atoms with van der Waals surface area (Å²) in [5.41, 5.74) is 0.250. The Morgan fingerprint density at radius 2 is 1.74 bits per heavy atom. The summed E-state index contributed by atoms with van der Waals surface area (Å²) in [4.78, 5) is 25.5. The van der Waals surface area contributed by atoms with Crippen molar-refractivity contribution in [3.63, 3.8) is 0 Å². The van der Waals surface area contributed by atoms with Gasteiger partial charge in [0, 0.05) is 16.6 Å². The Morgan fingerprint density at radius 3 is 2.26 bits per heavy atom. The molecule has 0 saturated heterocycles. The van der Waals surface area contributed by atoms with Crippen LogP contribution in [0, 0.1) is 18.7 Å². The van der Waals surface area contributed by atoms with E-state index in [1.165, 1.54) is 13.0 Å². The van der Waals surface area contributed by atoms with Crippen molar-refractivity contribution in [2.45, 2.75) is 45.9 Å². The van der Waals surface area contributed by atoms with Crippen molar-refractivity contribution < 1.29 is 42.1 Å². The van der Waals surface area contributed by atoms with E-state index < -0.39 is 41.5 Å². The smallest absolute Gasteiger partial charge is 0.505 e. The predicted molar refractivity (Wildman–Crippen MR) is 116 cm³/mol. The van der Waals surface area contributed by atoms with Crippen molar-refractivity contribution in [3.05, 3.63) is 59.0 Å². The van der Waals surface area contributed by atoms with E-state index in [-0.39, 0.29) is 40.1 Å². The first-order valence-electron chi connectivity index (χ1n) is 10.5. The molecular formula is C24H23F4NO5. The summed E-state index contributed by atoms with van der Waals surface area (Å²) in [6.45, 7) is 5.22. The van der Waals surface area contributed by atoms with Crippen LogP contribution in [0.3, 0.4) is 0 Å². The zero-order valence-electron chi connectivity index (χ0n) is 18.6. The monoisotopic (exact) mass is 481 g/mol. The number of hydrogen-bond donors (Lipinski definition) is 2. The number of benzene rings is 2. The highest BCUT2D eigenvalue weighted by molar-refractivity contribution is 6.05. The molecule has 6 nitrogen and oxygen atoms in total. The van der Waals surface area contributed by atoms with Gasteiger partial charge in [-0.3, -0.25) is 14.2 Å². The Kier molecular flexibility index (Phi) is 6.90. The molecule has 0 saturated carbocycles. The fourth-order valence-electron chi connectivity index (χ4n) is 4.01. The minimum Gasteiger partial charge on any atom is -0.505 e. The molecule has 34 heavy (non-hydrogen) atoms. The molecule has 1 heterocycles. The summed E-state index contributed by atoms with van der Waals surface area (Å²) in [7, 11) is 0. The maximum atomic E-state index is 15.1. The van der Waals surface area contributed by atoms with Crippen LogP contribution in [0.4, 0.5) is 17.6 Å². The fourth-order valence-corrected chi connectivity index (χ4v) is 4.01. The zero-order valence-corrected chi connectivity index (χ0v) is 18.6. The quantitative estimate of drug-likeness (QED) is 0.405. The number of carbonyl (C=O) groups excluding carboxylic acids is 1. The van der Waals surface area contributed by atoms with Gasteiger partial charge in [-0.15, -0.1) is 13.2 Å². The topological polar surface area (TPSA) is 88.8 Å². The average Bonchev–Trinajstić information content (AvgIpc) is 3.05. The number of hydrogen-bond acceptors (Lipinski definition) is 4. The number of fused-ring (bicyclic) bond motifs is 1. The van der Waals surface area contributed by atoms with Gasteiger partial charge in [-0.1, -0.05) is 20.3 Å². The van der Waals surface area contributed by atoms with Crippen molar-refractivity contribution in [1.82, 2.24) is 4.57 Å². The van der Waals surface area contributed by atoms with Gasteiger partial charge in [-0.05, 0) is 61.2 Å². The van der Waals surface area contributed by atoms with E-state index >= 15 is 4.39 Å². The van der Waals surface area contributed by atoms with Gasteiger partial charge >= 0.3 is 12.3 Å². The van der Waals surface area contributed by atoms with Gasteiger partial charge in [0.2, 0.25) is 0 Å². The van der Waals surface area contributed by atoms with Crippen molar-refractivity contribution in [2.75, 3.05) is 0 Å². The first-order chi connectivity index (χ1) is 15.9. The number of alkyl halides is 3. The summed E-state index contributed by atoms with van der Waals surface area (Å²) in [6, 6.07) is 6.54. The standard InChI is InChI=1S/C24H23F4NO5/c1-4-12(2)11-16(23(32)33)19-13(3)29(17-9-10-18(30)21(25)20(17)19)22(31)14-5-7-15(8-6-14)34-24(26,27)28/h5-10,12,16,30H,4,11H2,1-3H3,(H,32,33)/t12?,16-/m1/s1. The summed E-state index contributed by atoms with van der Waals surface area (Å²) < 4.78 is 57.3. The van der Waals surface area contributed by atoms with E-state index in [2.05, 4.69) is 4.74 Å².